The lowest BCUT2D eigenvalue weighted by atomic mass is 10.00. The van der Waals surface area contributed by atoms with Crippen molar-refractivity contribution in [3.8, 4) is 11.8 Å². The van der Waals surface area contributed by atoms with Gasteiger partial charge in [0.2, 0.25) is 0 Å². The first kappa shape index (κ1) is 14.0. The molecule has 5 nitrogen and oxygen atoms in total. The first-order valence-corrected chi connectivity index (χ1v) is 7.90. The molecular weight excluding hydrogens is 288 g/mol. The van der Waals surface area contributed by atoms with E-state index in [1.54, 1.807) is 19.8 Å². The van der Waals surface area contributed by atoms with E-state index in [0.717, 1.165) is 29.7 Å². The molecule has 2 aliphatic rings. The van der Waals surface area contributed by atoms with Gasteiger partial charge in [-0.2, -0.15) is 5.10 Å². The maximum absolute atomic E-state index is 5.10. The van der Waals surface area contributed by atoms with Crippen LogP contribution in [0.15, 0.2) is 42.1 Å². The van der Waals surface area contributed by atoms with Crippen molar-refractivity contribution in [3.63, 3.8) is 0 Å². The molecule has 2 saturated carbocycles. The average molecular weight is 306 g/mol. The van der Waals surface area contributed by atoms with E-state index in [-0.39, 0.29) is 5.54 Å². The van der Waals surface area contributed by atoms with Gasteiger partial charge in [-0.1, -0.05) is 29.1 Å². The predicted octanol–water partition coefficient (Wildman–Crippen LogP) is 2.58. The summed E-state index contributed by atoms with van der Waals surface area (Å²) in [5, 5.41) is 8.59. The Labute approximate surface area is 135 Å². The van der Waals surface area contributed by atoms with Crippen LogP contribution >= 0.6 is 0 Å². The van der Waals surface area contributed by atoms with Gasteiger partial charge in [0.1, 0.15) is 31.0 Å². The molecule has 0 N–H and O–H groups in total. The fourth-order valence-corrected chi connectivity index (χ4v) is 2.74. The van der Waals surface area contributed by atoms with Crippen molar-refractivity contribution in [2.45, 2.75) is 31.2 Å². The largest absolute Gasteiger partial charge is 0.399 e. The second kappa shape index (κ2) is 5.54. The van der Waals surface area contributed by atoms with Crippen molar-refractivity contribution in [1.29, 1.82) is 0 Å². The smallest absolute Gasteiger partial charge is 0.137 e. The van der Waals surface area contributed by atoms with Crippen LogP contribution in [0.5, 0.6) is 0 Å². The fourth-order valence-electron chi connectivity index (χ4n) is 2.74. The molecule has 0 unspecified atom stereocenters. The number of benzene rings is 1. The topological polar surface area (TPSA) is 52.3 Å². The van der Waals surface area contributed by atoms with E-state index in [0.29, 0.717) is 5.92 Å². The summed E-state index contributed by atoms with van der Waals surface area (Å²) in [6.45, 7) is 0. The minimum Gasteiger partial charge on any atom is -0.399 e. The average Bonchev–Trinajstić information content (AvgIpc) is 3.51. The molecule has 0 bridgehead atoms. The SMILES string of the molecule is CO/N=C(/c1ccc(C#CC2CC2)cc1)C1(n2cncn2)CC1. The highest BCUT2D eigenvalue weighted by molar-refractivity contribution is 6.07. The van der Waals surface area contributed by atoms with Crippen molar-refractivity contribution in [3.05, 3.63) is 48.0 Å². The Balaban J connectivity index is 1.64. The third kappa shape index (κ3) is 2.72. The first-order valence-electron chi connectivity index (χ1n) is 7.90. The Hall–Kier alpha value is -2.61. The van der Waals surface area contributed by atoms with Crippen LogP contribution in [-0.2, 0) is 10.4 Å². The predicted molar refractivity (Wildman–Crippen MR) is 86.8 cm³/mol. The minimum atomic E-state index is -0.228. The molecular formula is C18H18N4O. The minimum absolute atomic E-state index is 0.228. The lowest BCUT2D eigenvalue weighted by molar-refractivity contribution is 0.210. The third-order valence-corrected chi connectivity index (χ3v) is 4.36. The molecule has 2 aromatic rings. The molecule has 116 valence electrons. The Morgan fingerprint density at radius 3 is 2.65 bits per heavy atom. The summed E-state index contributed by atoms with van der Waals surface area (Å²) in [5.74, 6) is 7.14. The summed E-state index contributed by atoms with van der Waals surface area (Å²) < 4.78 is 1.88. The molecule has 0 spiro atoms. The van der Waals surface area contributed by atoms with Gasteiger partial charge < -0.3 is 4.84 Å². The highest BCUT2D eigenvalue weighted by Crippen LogP contribution is 2.46. The second-order valence-corrected chi connectivity index (χ2v) is 6.12. The highest BCUT2D eigenvalue weighted by Gasteiger charge is 2.51. The van der Waals surface area contributed by atoms with E-state index < -0.39 is 0 Å². The number of aromatic nitrogens is 3. The molecule has 5 heteroatoms. The summed E-state index contributed by atoms with van der Waals surface area (Å²) in [6, 6.07) is 8.22. The second-order valence-electron chi connectivity index (χ2n) is 6.12. The molecule has 0 aliphatic heterocycles. The number of oxime groups is 1. The van der Waals surface area contributed by atoms with Crippen LogP contribution in [0.4, 0.5) is 0 Å². The van der Waals surface area contributed by atoms with Crippen molar-refractivity contribution in [2.75, 3.05) is 7.11 Å². The number of hydrogen-bond donors (Lipinski definition) is 0. The number of hydrogen-bond acceptors (Lipinski definition) is 4. The van der Waals surface area contributed by atoms with Gasteiger partial charge in [0, 0.05) is 17.0 Å². The molecule has 1 aromatic carbocycles. The van der Waals surface area contributed by atoms with Gasteiger partial charge >= 0.3 is 0 Å². The molecule has 1 aromatic heterocycles. The Bertz CT molecular complexity index is 773. The lowest BCUT2D eigenvalue weighted by Gasteiger charge is -2.17. The summed E-state index contributed by atoms with van der Waals surface area (Å²) in [4.78, 5) is 9.16. The van der Waals surface area contributed by atoms with Crippen LogP contribution in [-0.4, -0.2) is 27.6 Å². The summed E-state index contributed by atoms with van der Waals surface area (Å²) in [7, 11) is 1.58. The van der Waals surface area contributed by atoms with Crippen molar-refractivity contribution >= 4 is 5.71 Å². The Kier molecular flexibility index (Phi) is 3.38. The van der Waals surface area contributed by atoms with Crippen LogP contribution in [0.1, 0.15) is 36.8 Å². The Morgan fingerprint density at radius 2 is 2.09 bits per heavy atom. The molecule has 4 rings (SSSR count). The zero-order chi connectivity index (χ0) is 15.7. The lowest BCUT2D eigenvalue weighted by Crippen LogP contribution is -2.29. The van der Waals surface area contributed by atoms with Crippen molar-refractivity contribution in [2.24, 2.45) is 11.1 Å². The van der Waals surface area contributed by atoms with Gasteiger partial charge in [-0.25, -0.2) is 9.67 Å². The van der Waals surface area contributed by atoms with Crippen LogP contribution in [0.25, 0.3) is 0 Å². The fraction of sp³-hybridized carbons (Fsp3) is 0.389. The molecule has 23 heavy (non-hydrogen) atoms. The molecule has 0 amide bonds. The van der Waals surface area contributed by atoms with Crippen LogP contribution in [0, 0.1) is 17.8 Å². The van der Waals surface area contributed by atoms with Crippen molar-refractivity contribution < 1.29 is 4.84 Å². The maximum atomic E-state index is 5.10. The van der Waals surface area contributed by atoms with E-state index in [1.807, 2.05) is 16.8 Å². The summed E-state index contributed by atoms with van der Waals surface area (Å²) >= 11 is 0. The zero-order valence-electron chi connectivity index (χ0n) is 13.1. The van der Waals surface area contributed by atoms with E-state index in [2.05, 4.69) is 39.2 Å². The molecule has 0 radical (unpaired) electrons. The molecule has 2 fully saturated rings. The van der Waals surface area contributed by atoms with Crippen LogP contribution in [0.2, 0.25) is 0 Å². The Morgan fingerprint density at radius 1 is 1.30 bits per heavy atom. The van der Waals surface area contributed by atoms with E-state index >= 15 is 0 Å². The van der Waals surface area contributed by atoms with Gasteiger partial charge in [-0.15, -0.1) is 0 Å². The van der Waals surface area contributed by atoms with Gasteiger partial charge in [0.05, 0.1) is 0 Å². The van der Waals surface area contributed by atoms with Crippen LogP contribution in [0.3, 0.4) is 0 Å². The molecule has 0 saturated heterocycles. The zero-order valence-corrected chi connectivity index (χ0v) is 13.1. The number of rotatable bonds is 4. The van der Waals surface area contributed by atoms with Crippen molar-refractivity contribution in [1.82, 2.24) is 14.8 Å². The summed E-state index contributed by atoms with van der Waals surface area (Å²) in [5.41, 5.74) is 2.75. The van der Waals surface area contributed by atoms with Gasteiger partial charge in [-0.05, 0) is 37.8 Å². The molecule has 1 heterocycles. The number of nitrogens with zero attached hydrogens (tertiary/aromatic N) is 4. The third-order valence-electron chi connectivity index (χ3n) is 4.36. The van der Waals surface area contributed by atoms with E-state index in [4.69, 9.17) is 4.84 Å². The van der Waals surface area contributed by atoms with Gasteiger partial charge in [-0.3, -0.25) is 0 Å². The highest BCUT2D eigenvalue weighted by atomic mass is 16.6. The van der Waals surface area contributed by atoms with E-state index in [1.165, 1.54) is 12.8 Å². The normalized spacial score (nSPS) is 18.9. The molecule has 0 atom stereocenters. The monoisotopic (exact) mass is 306 g/mol. The van der Waals surface area contributed by atoms with Crippen LogP contribution < -0.4 is 0 Å². The van der Waals surface area contributed by atoms with E-state index in [9.17, 15) is 0 Å². The molecule has 2 aliphatic carbocycles. The maximum Gasteiger partial charge on any atom is 0.137 e. The first-order chi connectivity index (χ1) is 11.3. The quantitative estimate of drug-likeness (QED) is 0.495. The van der Waals surface area contributed by atoms with Gasteiger partial charge in [0.15, 0.2) is 0 Å². The standard InChI is InChI=1S/C18H18N4O/c1-23-21-17(18(10-11-18)22-13-19-12-20-22)16-8-6-15(7-9-16)5-4-14-2-3-14/h6-9,12-14H,2-3,10-11H2,1H3/b21-17-. The summed E-state index contributed by atoms with van der Waals surface area (Å²) in [6.07, 6.45) is 7.77. The van der Waals surface area contributed by atoms with Gasteiger partial charge in [0.25, 0.3) is 0 Å².